The van der Waals surface area contributed by atoms with Crippen molar-refractivity contribution >= 4 is 44.8 Å². The SMILES string of the molecule is CSC1CCCC1NC(=O)c1sc2ccc(C)cc2c1N. The predicted octanol–water partition coefficient (Wildman–Crippen LogP) is 3.81. The highest BCUT2D eigenvalue weighted by Gasteiger charge is 2.29. The molecule has 1 aliphatic rings. The summed E-state index contributed by atoms with van der Waals surface area (Å²) in [6.07, 6.45) is 5.57. The maximum absolute atomic E-state index is 12.5. The Morgan fingerprint density at radius 2 is 2.24 bits per heavy atom. The molecule has 3 rings (SSSR count). The largest absolute Gasteiger partial charge is 0.397 e. The van der Waals surface area contributed by atoms with Crippen molar-refractivity contribution in [2.75, 3.05) is 12.0 Å². The Labute approximate surface area is 133 Å². The lowest BCUT2D eigenvalue weighted by molar-refractivity contribution is 0.0943. The lowest BCUT2D eigenvalue weighted by Crippen LogP contribution is -2.38. The molecule has 1 aromatic carbocycles. The summed E-state index contributed by atoms with van der Waals surface area (Å²) < 4.78 is 1.08. The second-order valence-corrected chi connectivity index (χ2v) is 7.76. The van der Waals surface area contributed by atoms with E-state index in [1.807, 2.05) is 24.8 Å². The van der Waals surface area contributed by atoms with Gasteiger partial charge < -0.3 is 11.1 Å². The second kappa shape index (κ2) is 5.89. The van der Waals surface area contributed by atoms with Crippen molar-refractivity contribution in [2.45, 2.75) is 37.5 Å². The van der Waals surface area contributed by atoms with Crippen molar-refractivity contribution in [3.8, 4) is 0 Å². The molecule has 3 nitrogen and oxygen atoms in total. The van der Waals surface area contributed by atoms with Gasteiger partial charge in [-0.15, -0.1) is 11.3 Å². The summed E-state index contributed by atoms with van der Waals surface area (Å²) in [5.74, 6) is -0.0164. The van der Waals surface area contributed by atoms with Crippen LogP contribution in [0.5, 0.6) is 0 Å². The molecule has 3 N–H and O–H groups in total. The highest BCUT2D eigenvalue weighted by Crippen LogP contribution is 2.35. The maximum atomic E-state index is 12.5. The molecule has 2 atom stereocenters. The number of aryl methyl sites for hydroxylation is 1. The van der Waals surface area contributed by atoms with Gasteiger partial charge >= 0.3 is 0 Å². The first-order valence-electron chi connectivity index (χ1n) is 7.22. The molecular weight excluding hydrogens is 300 g/mol. The van der Waals surface area contributed by atoms with Gasteiger partial charge in [-0.2, -0.15) is 11.8 Å². The van der Waals surface area contributed by atoms with Gasteiger partial charge in [-0.1, -0.05) is 18.1 Å². The summed E-state index contributed by atoms with van der Waals surface area (Å²) >= 11 is 3.34. The van der Waals surface area contributed by atoms with Crippen LogP contribution in [0.15, 0.2) is 18.2 Å². The van der Waals surface area contributed by atoms with Gasteiger partial charge in [0.1, 0.15) is 4.88 Å². The summed E-state index contributed by atoms with van der Waals surface area (Å²) in [6.45, 7) is 2.04. The fourth-order valence-electron chi connectivity index (χ4n) is 3.01. The summed E-state index contributed by atoms with van der Waals surface area (Å²) in [6, 6.07) is 6.43. The van der Waals surface area contributed by atoms with E-state index in [0.717, 1.165) is 22.1 Å². The highest BCUT2D eigenvalue weighted by molar-refractivity contribution is 7.99. The van der Waals surface area contributed by atoms with Gasteiger partial charge in [0.15, 0.2) is 0 Å². The van der Waals surface area contributed by atoms with E-state index < -0.39 is 0 Å². The lowest BCUT2D eigenvalue weighted by Gasteiger charge is -2.18. The van der Waals surface area contributed by atoms with Gasteiger partial charge in [0.2, 0.25) is 0 Å². The topological polar surface area (TPSA) is 55.1 Å². The van der Waals surface area contributed by atoms with Crippen molar-refractivity contribution in [1.29, 1.82) is 0 Å². The molecule has 1 fully saturated rings. The van der Waals surface area contributed by atoms with Crippen LogP contribution >= 0.6 is 23.1 Å². The van der Waals surface area contributed by atoms with Crippen LogP contribution in [-0.4, -0.2) is 23.5 Å². The molecule has 2 aromatic rings. The van der Waals surface area contributed by atoms with Crippen LogP contribution in [-0.2, 0) is 0 Å². The standard InChI is InChI=1S/C16H20N2OS2/c1-9-6-7-12-10(8-9)14(17)15(21-12)16(19)18-11-4-3-5-13(11)20-2/h6-8,11,13H,3-5,17H2,1-2H3,(H,18,19). The van der Waals surface area contributed by atoms with Gasteiger partial charge in [0, 0.05) is 21.4 Å². The summed E-state index contributed by atoms with van der Waals surface area (Å²) in [5, 5.41) is 4.72. The second-order valence-electron chi connectivity index (χ2n) is 5.63. The van der Waals surface area contributed by atoms with Gasteiger partial charge in [-0.05, 0) is 38.2 Å². The summed E-state index contributed by atoms with van der Waals surface area (Å²) in [7, 11) is 0. The molecule has 112 valence electrons. The number of amides is 1. The monoisotopic (exact) mass is 320 g/mol. The average Bonchev–Trinajstić information content (AvgIpc) is 3.04. The molecule has 1 amide bonds. The molecule has 21 heavy (non-hydrogen) atoms. The number of nitrogen functional groups attached to an aromatic ring is 1. The van der Waals surface area contributed by atoms with E-state index in [1.54, 1.807) is 0 Å². The van der Waals surface area contributed by atoms with Crippen molar-refractivity contribution in [1.82, 2.24) is 5.32 Å². The van der Waals surface area contributed by atoms with Gasteiger partial charge in [0.25, 0.3) is 5.91 Å². The van der Waals surface area contributed by atoms with Gasteiger partial charge in [-0.3, -0.25) is 4.79 Å². The molecule has 0 bridgehead atoms. The minimum Gasteiger partial charge on any atom is -0.397 e. The molecule has 0 saturated heterocycles. The van der Waals surface area contributed by atoms with Crippen molar-refractivity contribution in [2.24, 2.45) is 0 Å². The number of hydrogen-bond acceptors (Lipinski definition) is 4. The Bertz CT molecular complexity index is 680. The molecule has 1 saturated carbocycles. The molecule has 0 spiro atoms. The average molecular weight is 320 g/mol. The molecular formula is C16H20N2OS2. The van der Waals surface area contributed by atoms with Crippen molar-refractivity contribution in [3.63, 3.8) is 0 Å². The molecule has 0 aliphatic heterocycles. The third kappa shape index (κ3) is 2.77. The minimum absolute atomic E-state index is 0.0164. The zero-order chi connectivity index (χ0) is 15.0. The fraction of sp³-hybridized carbons (Fsp3) is 0.438. The number of thioether (sulfide) groups is 1. The first kappa shape index (κ1) is 14.7. The van der Waals surface area contributed by atoms with Crippen LogP contribution < -0.4 is 11.1 Å². The lowest BCUT2D eigenvalue weighted by atomic mass is 10.1. The number of thiophene rings is 1. The van der Waals surface area contributed by atoms with E-state index >= 15 is 0 Å². The number of rotatable bonds is 3. The summed E-state index contributed by atoms with van der Waals surface area (Å²) in [5.41, 5.74) is 7.98. The van der Waals surface area contributed by atoms with Crippen molar-refractivity contribution < 1.29 is 4.79 Å². The van der Waals surface area contributed by atoms with Gasteiger partial charge in [0.05, 0.1) is 5.69 Å². The molecule has 5 heteroatoms. The zero-order valence-corrected chi connectivity index (χ0v) is 13.9. The van der Waals surface area contributed by atoms with Crippen molar-refractivity contribution in [3.05, 3.63) is 28.6 Å². The van der Waals surface area contributed by atoms with Crippen LogP contribution in [0.3, 0.4) is 0 Å². The third-order valence-electron chi connectivity index (χ3n) is 4.16. The molecule has 2 unspecified atom stereocenters. The Morgan fingerprint density at radius 3 is 3.00 bits per heavy atom. The van der Waals surface area contributed by atoms with E-state index in [9.17, 15) is 4.79 Å². The van der Waals surface area contributed by atoms with E-state index in [0.29, 0.717) is 15.8 Å². The zero-order valence-electron chi connectivity index (χ0n) is 12.3. The Hall–Kier alpha value is -1.20. The molecule has 1 heterocycles. The van der Waals surface area contributed by atoms with E-state index in [1.165, 1.54) is 24.2 Å². The first-order chi connectivity index (χ1) is 10.1. The Balaban J connectivity index is 1.86. The number of carbonyl (C=O) groups excluding carboxylic acids is 1. The Kier molecular flexibility index (Phi) is 4.13. The first-order valence-corrected chi connectivity index (χ1v) is 9.33. The number of benzene rings is 1. The maximum Gasteiger partial charge on any atom is 0.263 e. The van der Waals surface area contributed by atoms with E-state index in [-0.39, 0.29) is 11.9 Å². The van der Waals surface area contributed by atoms with Crippen LogP contribution in [0.1, 0.15) is 34.5 Å². The normalized spacial score (nSPS) is 21.8. The number of nitrogens with one attached hydrogen (secondary N) is 1. The fourth-order valence-corrected chi connectivity index (χ4v) is 4.95. The predicted molar refractivity (Wildman–Crippen MR) is 93.4 cm³/mol. The molecule has 0 radical (unpaired) electrons. The van der Waals surface area contributed by atoms with E-state index in [2.05, 4.69) is 23.7 Å². The molecule has 1 aliphatic carbocycles. The number of nitrogens with two attached hydrogens (primary N) is 1. The number of carbonyl (C=O) groups is 1. The molecule has 1 aromatic heterocycles. The van der Waals surface area contributed by atoms with Crippen LogP contribution in [0.25, 0.3) is 10.1 Å². The van der Waals surface area contributed by atoms with E-state index in [4.69, 9.17) is 5.73 Å². The Morgan fingerprint density at radius 1 is 1.43 bits per heavy atom. The quantitative estimate of drug-likeness (QED) is 0.904. The number of fused-ring (bicyclic) bond motifs is 1. The van der Waals surface area contributed by atoms with Crippen LogP contribution in [0.4, 0.5) is 5.69 Å². The number of anilines is 1. The van der Waals surface area contributed by atoms with Crippen LogP contribution in [0.2, 0.25) is 0 Å². The highest BCUT2D eigenvalue weighted by atomic mass is 32.2. The smallest absolute Gasteiger partial charge is 0.263 e. The third-order valence-corrected chi connectivity index (χ3v) is 6.51. The van der Waals surface area contributed by atoms with Gasteiger partial charge in [-0.25, -0.2) is 0 Å². The minimum atomic E-state index is -0.0164. The summed E-state index contributed by atoms with van der Waals surface area (Å²) in [4.78, 5) is 13.2. The number of hydrogen-bond donors (Lipinski definition) is 2. The van der Waals surface area contributed by atoms with Crippen LogP contribution in [0, 0.1) is 6.92 Å².